The molecule has 2 amide bonds. The summed E-state index contributed by atoms with van der Waals surface area (Å²) in [4.78, 5) is 28.9. The van der Waals surface area contributed by atoms with Gasteiger partial charge in [-0.3, -0.25) is 9.59 Å². The standard InChI is InChI=1S/C24H30ClN3O3/c1-16(2)24(30)28-9-7-27(8-10-28)22-6-5-19(25)14-21(22)26-23(29)15-31-20-12-17(3)11-18(4)13-20/h5-6,11-14,16H,7-10,15H2,1-4H3,(H,26,29). The van der Waals surface area contributed by atoms with Crippen LogP contribution in [0.4, 0.5) is 11.4 Å². The normalized spacial score (nSPS) is 14.0. The second-order valence-corrected chi connectivity index (χ2v) is 8.73. The zero-order chi connectivity index (χ0) is 22.5. The molecule has 7 heteroatoms. The molecule has 1 fully saturated rings. The van der Waals surface area contributed by atoms with Crippen molar-refractivity contribution in [3.8, 4) is 5.75 Å². The van der Waals surface area contributed by atoms with Crippen LogP contribution < -0.4 is 15.0 Å². The Morgan fingerprint density at radius 3 is 2.29 bits per heavy atom. The number of benzene rings is 2. The van der Waals surface area contributed by atoms with Crippen LogP contribution in [-0.2, 0) is 9.59 Å². The van der Waals surface area contributed by atoms with Crippen molar-refractivity contribution in [3.63, 3.8) is 0 Å². The zero-order valence-electron chi connectivity index (χ0n) is 18.6. The number of rotatable bonds is 6. The van der Waals surface area contributed by atoms with Crippen molar-refractivity contribution >= 4 is 34.8 Å². The molecule has 1 N–H and O–H groups in total. The molecule has 0 aromatic heterocycles. The number of nitrogens with one attached hydrogen (secondary N) is 1. The minimum atomic E-state index is -0.253. The van der Waals surface area contributed by atoms with Crippen molar-refractivity contribution in [3.05, 3.63) is 52.5 Å². The van der Waals surface area contributed by atoms with E-state index in [0.717, 1.165) is 16.8 Å². The molecule has 0 atom stereocenters. The predicted octanol–water partition coefficient (Wildman–Crippen LogP) is 4.28. The maximum Gasteiger partial charge on any atom is 0.262 e. The third-order valence-electron chi connectivity index (χ3n) is 5.22. The van der Waals surface area contributed by atoms with Crippen molar-refractivity contribution in [2.75, 3.05) is 43.0 Å². The Hall–Kier alpha value is -2.73. The molecular formula is C24H30ClN3O3. The van der Waals surface area contributed by atoms with Gasteiger partial charge in [-0.1, -0.05) is 31.5 Å². The lowest BCUT2D eigenvalue weighted by molar-refractivity contribution is -0.134. The van der Waals surface area contributed by atoms with E-state index in [1.165, 1.54) is 0 Å². The highest BCUT2D eigenvalue weighted by Gasteiger charge is 2.24. The van der Waals surface area contributed by atoms with Gasteiger partial charge in [0.25, 0.3) is 5.91 Å². The van der Waals surface area contributed by atoms with Crippen LogP contribution >= 0.6 is 11.6 Å². The van der Waals surface area contributed by atoms with E-state index in [9.17, 15) is 9.59 Å². The van der Waals surface area contributed by atoms with E-state index in [1.807, 2.05) is 56.9 Å². The summed E-state index contributed by atoms with van der Waals surface area (Å²) in [6.07, 6.45) is 0. The van der Waals surface area contributed by atoms with Gasteiger partial charge in [0.15, 0.2) is 6.61 Å². The molecule has 2 aromatic rings. The molecule has 1 heterocycles. The average molecular weight is 444 g/mol. The van der Waals surface area contributed by atoms with Crippen LogP contribution in [0.15, 0.2) is 36.4 Å². The van der Waals surface area contributed by atoms with Crippen LogP contribution in [0.2, 0.25) is 5.02 Å². The summed E-state index contributed by atoms with van der Waals surface area (Å²) in [6, 6.07) is 11.3. The van der Waals surface area contributed by atoms with Crippen molar-refractivity contribution < 1.29 is 14.3 Å². The van der Waals surface area contributed by atoms with Crippen LogP contribution in [-0.4, -0.2) is 49.5 Å². The largest absolute Gasteiger partial charge is 0.484 e. The molecule has 0 bridgehead atoms. The highest BCUT2D eigenvalue weighted by molar-refractivity contribution is 6.31. The second-order valence-electron chi connectivity index (χ2n) is 8.29. The van der Waals surface area contributed by atoms with E-state index in [-0.39, 0.29) is 24.3 Å². The van der Waals surface area contributed by atoms with Gasteiger partial charge in [0.05, 0.1) is 11.4 Å². The Labute approximate surface area is 189 Å². The van der Waals surface area contributed by atoms with E-state index >= 15 is 0 Å². The molecule has 1 aliphatic heterocycles. The number of nitrogens with zero attached hydrogens (tertiary/aromatic N) is 2. The average Bonchev–Trinajstić information content (AvgIpc) is 2.71. The van der Waals surface area contributed by atoms with Crippen LogP contribution in [0, 0.1) is 19.8 Å². The molecule has 3 rings (SSSR count). The van der Waals surface area contributed by atoms with E-state index in [2.05, 4.69) is 16.3 Å². The summed E-state index contributed by atoms with van der Waals surface area (Å²) in [7, 11) is 0. The monoisotopic (exact) mass is 443 g/mol. The van der Waals surface area contributed by atoms with Gasteiger partial charge in [0.1, 0.15) is 5.75 Å². The number of piperazine rings is 1. The van der Waals surface area contributed by atoms with Crippen molar-refractivity contribution in [1.82, 2.24) is 4.90 Å². The Kier molecular flexibility index (Phi) is 7.44. The smallest absolute Gasteiger partial charge is 0.262 e. The molecule has 6 nitrogen and oxygen atoms in total. The third kappa shape index (κ3) is 6.14. The summed E-state index contributed by atoms with van der Waals surface area (Å²) in [5, 5.41) is 3.47. The van der Waals surface area contributed by atoms with Gasteiger partial charge >= 0.3 is 0 Å². The molecule has 0 radical (unpaired) electrons. The maximum absolute atomic E-state index is 12.6. The van der Waals surface area contributed by atoms with Crippen molar-refractivity contribution in [2.45, 2.75) is 27.7 Å². The molecule has 0 saturated carbocycles. The first kappa shape index (κ1) is 22.9. The van der Waals surface area contributed by atoms with E-state index in [4.69, 9.17) is 16.3 Å². The summed E-state index contributed by atoms with van der Waals surface area (Å²) in [5.74, 6) is 0.586. The Morgan fingerprint density at radius 1 is 1.03 bits per heavy atom. The Bertz CT molecular complexity index is 933. The third-order valence-corrected chi connectivity index (χ3v) is 5.46. The highest BCUT2D eigenvalue weighted by atomic mass is 35.5. The zero-order valence-corrected chi connectivity index (χ0v) is 19.3. The SMILES string of the molecule is Cc1cc(C)cc(OCC(=O)Nc2cc(Cl)ccc2N2CCN(C(=O)C(C)C)CC2)c1. The van der Waals surface area contributed by atoms with E-state index in [0.29, 0.717) is 42.6 Å². The summed E-state index contributed by atoms with van der Waals surface area (Å²) < 4.78 is 5.68. The molecule has 166 valence electrons. The summed E-state index contributed by atoms with van der Waals surface area (Å²) in [5.41, 5.74) is 3.70. The fourth-order valence-electron chi connectivity index (χ4n) is 3.77. The van der Waals surface area contributed by atoms with Crippen LogP contribution in [0.25, 0.3) is 0 Å². The number of carbonyl (C=O) groups excluding carboxylic acids is 2. The van der Waals surface area contributed by atoms with Gasteiger partial charge in [-0.15, -0.1) is 0 Å². The molecule has 0 spiro atoms. The number of amides is 2. The molecular weight excluding hydrogens is 414 g/mol. The minimum Gasteiger partial charge on any atom is -0.484 e. The van der Waals surface area contributed by atoms with Gasteiger partial charge in [0, 0.05) is 37.1 Å². The van der Waals surface area contributed by atoms with E-state index < -0.39 is 0 Å². The number of hydrogen-bond acceptors (Lipinski definition) is 4. The lowest BCUT2D eigenvalue weighted by Gasteiger charge is -2.37. The lowest BCUT2D eigenvalue weighted by atomic mass is 10.1. The Balaban J connectivity index is 1.65. The fraction of sp³-hybridized carbons (Fsp3) is 0.417. The first-order valence-corrected chi connectivity index (χ1v) is 10.9. The number of anilines is 2. The summed E-state index contributed by atoms with van der Waals surface area (Å²) >= 11 is 6.19. The first-order valence-electron chi connectivity index (χ1n) is 10.6. The second kappa shape index (κ2) is 10.1. The molecule has 0 aliphatic carbocycles. The molecule has 1 saturated heterocycles. The van der Waals surface area contributed by atoms with Crippen LogP contribution in [0.5, 0.6) is 5.75 Å². The number of hydrogen-bond donors (Lipinski definition) is 1. The van der Waals surface area contributed by atoms with Crippen molar-refractivity contribution in [2.24, 2.45) is 5.92 Å². The van der Waals surface area contributed by atoms with E-state index in [1.54, 1.807) is 6.07 Å². The fourth-order valence-corrected chi connectivity index (χ4v) is 3.94. The quantitative estimate of drug-likeness (QED) is 0.723. The van der Waals surface area contributed by atoms with Gasteiger partial charge in [-0.25, -0.2) is 0 Å². The molecule has 0 unspecified atom stereocenters. The first-order chi connectivity index (χ1) is 14.7. The summed E-state index contributed by atoms with van der Waals surface area (Å²) in [6.45, 7) is 10.4. The van der Waals surface area contributed by atoms with Crippen molar-refractivity contribution in [1.29, 1.82) is 0 Å². The topological polar surface area (TPSA) is 61.9 Å². The Morgan fingerprint density at radius 2 is 1.68 bits per heavy atom. The predicted molar refractivity (Wildman–Crippen MR) is 125 cm³/mol. The van der Waals surface area contributed by atoms with Crippen LogP contribution in [0.3, 0.4) is 0 Å². The lowest BCUT2D eigenvalue weighted by Crippen LogP contribution is -2.50. The number of carbonyl (C=O) groups is 2. The number of halogens is 1. The van der Waals surface area contributed by atoms with Crippen LogP contribution in [0.1, 0.15) is 25.0 Å². The van der Waals surface area contributed by atoms with Gasteiger partial charge < -0.3 is 19.9 Å². The molecule has 1 aliphatic rings. The number of aryl methyl sites for hydroxylation is 2. The van der Waals surface area contributed by atoms with Gasteiger partial charge in [0.2, 0.25) is 5.91 Å². The number of ether oxygens (including phenoxy) is 1. The maximum atomic E-state index is 12.6. The van der Waals surface area contributed by atoms with Gasteiger partial charge in [-0.2, -0.15) is 0 Å². The minimum absolute atomic E-state index is 0.00544. The molecule has 2 aromatic carbocycles. The molecule has 31 heavy (non-hydrogen) atoms. The highest BCUT2D eigenvalue weighted by Crippen LogP contribution is 2.30. The van der Waals surface area contributed by atoms with Gasteiger partial charge in [-0.05, 0) is 55.3 Å².